The lowest BCUT2D eigenvalue weighted by molar-refractivity contribution is 0.0653. The van der Waals surface area contributed by atoms with Gasteiger partial charge in [-0.3, -0.25) is 14.3 Å². The number of carbonyl (C=O) groups excluding carboxylic acids is 1. The van der Waals surface area contributed by atoms with Crippen molar-refractivity contribution in [3.63, 3.8) is 0 Å². The highest BCUT2D eigenvalue weighted by Gasteiger charge is 2.25. The molecule has 0 radical (unpaired) electrons. The molecule has 0 spiro atoms. The first-order chi connectivity index (χ1) is 10.2. The summed E-state index contributed by atoms with van der Waals surface area (Å²) in [6.45, 7) is 2.16. The summed E-state index contributed by atoms with van der Waals surface area (Å²) in [5, 5.41) is 4.10. The summed E-state index contributed by atoms with van der Waals surface area (Å²) >= 11 is 0. The summed E-state index contributed by atoms with van der Waals surface area (Å²) in [4.78, 5) is 32.3. The molecule has 2 aromatic heterocycles. The second kappa shape index (κ2) is 5.90. The van der Waals surface area contributed by atoms with Gasteiger partial charge in [-0.25, -0.2) is 4.98 Å². The third-order valence-electron chi connectivity index (χ3n) is 3.72. The van der Waals surface area contributed by atoms with Gasteiger partial charge in [0.05, 0.1) is 0 Å². The normalized spacial score (nSPS) is 18.7. The van der Waals surface area contributed by atoms with Gasteiger partial charge in [0.2, 0.25) is 0 Å². The van der Waals surface area contributed by atoms with E-state index in [1.807, 2.05) is 0 Å². The molecule has 0 aliphatic carbocycles. The number of hydrogen-bond acceptors (Lipinski definition) is 4. The van der Waals surface area contributed by atoms with Gasteiger partial charge in [-0.05, 0) is 18.8 Å². The molecule has 1 fully saturated rings. The number of rotatable bonds is 3. The van der Waals surface area contributed by atoms with Gasteiger partial charge < -0.3 is 9.88 Å². The molecular weight excluding hydrogens is 270 g/mol. The van der Waals surface area contributed by atoms with Crippen molar-refractivity contribution in [3.8, 4) is 0 Å². The van der Waals surface area contributed by atoms with Crippen molar-refractivity contribution in [1.29, 1.82) is 0 Å². The summed E-state index contributed by atoms with van der Waals surface area (Å²) in [6, 6.07) is 2.75. The van der Waals surface area contributed by atoms with E-state index in [9.17, 15) is 9.59 Å². The predicted molar refractivity (Wildman–Crippen MR) is 75.7 cm³/mol. The van der Waals surface area contributed by atoms with Gasteiger partial charge >= 0.3 is 0 Å². The van der Waals surface area contributed by atoms with Crippen LogP contribution in [0.2, 0.25) is 0 Å². The molecule has 0 aromatic carbocycles. The quantitative estimate of drug-likeness (QED) is 0.892. The van der Waals surface area contributed by atoms with Crippen LogP contribution in [-0.4, -0.2) is 43.6 Å². The van der Waals surface area contributed by atoms with Crippen LogP contribution in [0.5, 0.6) is 0 Å². The highest BCUT2D eigenvalue weighted by Crippen LogP contribution is 2.19. The molecule has 1 aliphatic heterocycles. The van der Waals surface area contributed by atoms with Crippen molar-refractivity contribution in [2.45, 2.75) is 19.4 Å². The molecule has 2 aromatic rings. The number of aromatic nitrogens is 4. The number of hydrogen-bond donors (Lipinski definition) is 1. The highest BCUT2D eigenvalue weighted by molar-refractivity contribution is 5.92. The Kier molecular flexibility index (Phi) is 3.81. The maximum absolute atomic E-state index is 12.4. The van der Waals surface area contributed by atoms with Crippen LogP contribution in [0.4, 0.5) is 0 Å². The van der Waals surface area contributed by atoms with E-state index in [2.05, 4.69) is 15.1 Å². The number of likely N-dealkylation sites (tertiary alicyclic amines) is 1. The molecule has 7 nitrogen and oxygen atoms in total. The van der Waals surface area contributed by atoms with Crippen molar-refractivity contribution in [2.24, 2.45) is 5.92 Å². The first-order valence-corrected chi connectivity index (χ1v) is 7.03. The largest absolute Gasteiger partial charge is 0.357 e. The fourth-order valence-corrected chi connectivity index (χ4v) is 2.73. The predicted octanol–water partition coefficient (Wildman–Crippen LogP) is 0.519. The lowest BCUT2D eigenvalue weighted by Crippen LogP contribution is -2.41. The highest BCUT2D eigenvalue weighted by atomic mass is 16.2. The summed E-state index contributed by atoms with van der Waals surface area (Å²) < 4.78 is 1.79. The van der Waals surface area contributed by atoms with Crippen LogP contribution in [0.15, 0.2) is 35.8 Å². The first-order valence-electron chi connectivity index (χ1n) is 7.03. The van der Waals surface area contributed by atoms with Gasteiger partial charge in [0.25, 0.3) is 5.91 Å². The zero-order valence-electron chi connectivity index (χ0n) is 11.6. The second-order valence-electron chi connectivity index (χ2n) is 5.31. The summed E-state index contributed by atoms with van der Waals surface area (Å²) in [5.41, 5.74) is 0.192. The molecule has 1 aliphatic rings. The molecule has 1 amide bonds. The van der Waals surface area contributed by atoms with E-state index in [4.69, 9.17) is 0 Å². The molecule has 1 saturated heterocycles. The minimum Gasteiger partial charge on any atom is -0.357 e. The van der Waals surface area contributed by atoms with Gasteiger partial charge in [0, 0.05) is 38.0 Å². The van der Waals surface area contributed by atoms with E-state index < -0.39 is 0 Å². The Balaban J connectivity index is 1.68. The summed E-state index contributed by atoms with van der Waals surface area (Å²) in [7, 11) is 0. The fourth-order valence-electron chi connectivity index (χ4n) is 2.73. The molecule has 1 N–H and O–H groups in total. The molecule has 3 heterocycles. The smallest absolute Gasteiger partial charge is 0.270 e. The van der Waals surface area contributed by atoms with Crippen molar-refractivity contribution in [1.82, 2.24) is 24.6 Å². The van der Waals surface area contributed by atoms with Crippen LogP contribution in [0.3, 0.4) is 0 Å². The first kappa shape index (κ1) is 13.5. The van der Waals surface area contributed by atoms with Gasteiger partial charge in [0.1, 0.15) is 18.3 Å². The van der Waals surface area contributed by atoms with Crippen LogP contribution in [0.25, 0.3) is 0 Å². The van der Waals surface area contributed by atoms with Crippen LogP contribution in [-0.2, 0) is 6.54 Å². The Labute approximate surface area is 121 Å². The molecule has 1 atom stereocenters. The summed E-state index contributed by atoms with van der Waals surface area (Å²) in [5.74, 6) is 0.246. The van der Waals surface area contributed by atoms with Crippen molar-refractivity contribution in [3.05, 3.63) is 46.9 Å². The zero-order valence-corrected chi connectivity index (χ0v) is 11.6. The Hall–Kier alpha value is -2.44. The maximum atomic E-state index is 12.4. The van der Waals surface area contributed by atoms with E-state index in [0.717, 1.165) is 25.9 Å². The average Bonchev–Trinajstić information content (AvgIpc) is 3.00. The summed E-state index contributed by atoms with van der Waals surface area (Å²) in [6.07, 6.45) is 6.74. The van der Waals surface area contributed by atoms with E-state index in [0.29, 0.717) is 18.2 Å². The maximum Gasteiger partial charge on any atom is 0.270 e. The van der Waals surface area contributed by atoms with Gasteiger partial charge in [0.15, 0.2) is 5.43 Å². The number of aromatic amines is 1. The van der Waals surface area contributed by atoms with Gasteiger partial charge in [-0.2, -0.15) is 5.10 Å². The van der Waals surface area contributed by atoms with Crippen LogP contribution in [0, 0.1) is 5.92 Å². The number of nitrogens with zero attached hydrogens (tertiary/aromatic N) is 4. The van der Waals surface area contributed by atoms with Crippen molar-refractivity contribution >= 4 is 5.91 Å². The third-order valence-corrected chi connectivity index (χ3v) is 3.72. The average molecular weight is 287 g/mol. The molecule has 110 valence electrons. The van der Waals surface area contributed by atoms with Crippen LogP contribution in [0.1, 0.15) is 23.3 Å². The number of piperidine rings is 1. The minimum absolute atomic E-state index is 0.115. The molecular formula is C14H17N5O2. The number of nitrogens with one attached hydrogen (secondary N) is 1. The number of amides is 1. The number of pyridine rings is 1. The fraction of sp³-hybridized carbons (Fsp3) is 0.429. The SMILES string of the molecule is O=C(c1cc(=O)cc[nH]1)N1CCCC(Cn2cncn2)C1. The number of carbonyl (C=O) groups is 1. The standard InChI is InChI=1S/C14H17N5O2/c20-12-3-4-16-13(6-12)14(21)18-5-1-2-11(7-18)8-19-10-15-9-17-19/h3-4,6,9-11H,1-2,5,7-8H2,(H,16,20). The van der Waals surface area contributed by atoms with E-state index in [1.165, 1.54) is 24.7 Å². The Morgan fingerprint density at radius 1 is 1.48 bits per heavy atom. The van der Waals surface area contributed by atoms with Gasteiger partial charge in [-0.1, -0.05) is 0 Å². The Morgan fingerprint density at radius 3 is 3.14 bits per heavy atom. The van der Waals surface area contributed by atoms with Crippen molar-refractivity contribution in [2.75, 3.05) is 13.1 Å². The third kappa shape index (κ3) is 3.18. The molecule has 21 heavy (non-hydrogen) atoms. The van der Waals surface area contributed by atoms with E-state index in [1.54, 1.807) is 15.9 Å². The van der Waals surface area contributed by atoms with Crippen LogP contribution < -0.4 is 5.43 Å². The second-order valence-corrected chi connectivity index (χ2v) is 5.31. The molecule has 7 heteroatoms. The molecule has 0 saturated carbocycles. The van der Waals surface area contributed by atoms with Gasteiger partial charge in [-0.15, -0.1) is 0 Å². The van der Waals surface area contributed by atoms with Crippen molar-refractivity contribution < 1.29 is 4.79 Å². The minimum atomic E-state index is -0.159. The lowest BCUT2D eigenvalue weighted by Gasteiger charge is -2.32. The molecule has 0 bridgehead atoms. The van der Waals surface area contributed by atoms with E-state index in [-0.39, 0.29) is 11.3 Å². The van der Waals surface area contributed by atoms with Crippen LogP contribution >= 0.6 is 0 Å². The Bertz CT molecular complexity index is 664. The zero-order chi connectivity index (χ0) is 14.7. The number of H-pyrrole nitrogens is 1. The topological polar surface area (TPSA) is 83.9 Å². The molecule has 3 rings (SSSR count). The monoisotopic (exact) mass is 287 g/mol. The Morgan fingerprint density at radius 2 is 2.38 bits per heavy atom. The lowest BCUT2D eigenvalue weighted by atomic mass is 9.98. The molecule has 1 unspecified atom stereocenters. The van der Waals surface area contributed by atoms with E-state index >= 15 is 0 Å².